The Balaban J connectivity index is 1.78. The lowest BCUT2D eigenvalue weighted by atomic mass is 10.1. The van der Waals surface area contributed by atoms with E-state index in [4.69, 9.17) is 9.47 Å². The third kappa shape index (κ3) is 3.14. The van der Waals surface area contributed by atoms with E-state index in [0.717, 1.165) is 10.9 Å². The molecule has 5 nitrogen and oxygen atoms in total. The molecule has 1 saturated heterocycles. The maximum atomic E-state index is 12.9. The van der Waals surface area contributed by atoms with Crippen molar-refractivity contribution in [1.82, 2.24) is 9.47 Å². The van der Waals surface area contributed by atoms with E-state index >= 15 is 0 Å². The van der Waals surface area contributed by atoms with E-state index in [9.17, 15) is 4.79 Å². The van der Waals surface area contributed by atoms with Crippen molar-refractivity contribution in [2.75, 3.05) is 6.54 Å². The van der Waals surface area contributed by atoms with E-state index in [-0.39, 0.29) is 6.09 Å². The highest BCUT2D eigenvalue weighted by molar-refractivity contribution is 5.80. The molecule has 1 atom stereocenters. The second-order valence-electron chi connectivity index (χ2n) is 7.78. The molecule has 0 spiro atoms. The molecule has 0 bridgehead atoms. The van der Waals surface area contributed by atoms with Crippen LogP contribution >= 0.6 is 0 Å². The highest BCUT2D eigenvalue weighted by atomic mass is 16.6. The molecule has 1 unspecified atom stereocenters. The van der Waals surface area contributed by atoms with E-state index in [1.165, 1.54) is 0 Å². The van der Waals surface area contributed by atoms with Crippen molar-refractivity contribution in [3.63, 3.8) is 0 Å². The summed E-state index contributed by atoms with van der Waals surface area (Å²) in [6.45, 7) is 6.19. The zero-order chi connectivity index (χ0) is 19.1. The van der Waals surface area contributed by atoms with Crippen molar-refractivity contribution in [2.24, 2.45) is 0 Å². The molecule has 1 aromatic heterocycles. The first-order valence-corrected chi connectivity index (χ1v) is 9.20. The largest absolute Gasteiger partial charge is 0.449 e. The fourth-order valence-electron chi connectivity index (χ4n) is 3.44. The zero-order valence-corrected chi connectivity index (χ0v) is 15.9. The minimum Gasteiger partial charge on any atom is -0.449 e. The number of fused-ring (bicyclic) bond motifs is 1. The Hall–Kier alpha value is -2.95. The van der Waals surface area contributed by atoms with E-state index in [0.29, 0.717) is 18.7 Å². The molecule has 1 amide bonds. The Morgan fingerprint density at radius 3 is 2.37 bits per heavy atom. The number of benzene rings is 2. The third-order valence-electron chi connectivity index (χ3n) is 4.70. The lowest BCUT2D eigenvalue weighted by Gasteiger charge is -2.51. The number of hydrogen-bond acceptors (Lipinski definition) is 3. The summed E-state index contributed by atoms with van der Waals surface area (Å²) < 4.78 is 14.1. The Labute approximate surface area is 159 Å². The van der Waals surface area contributed by atoms with Crippen LogP contribution in [0, 0.1) is 0 Å². The predicted molar refractivity (Wildman–Crippen MR) is 105 cm³/mol. The first-order chi connectivity index (χ1) is 12.9. The van der Waals surface area contributed by atoms with Crippen LogP contribution in [0.5, 0.6) is 5.75 Å². The molecule has 4 rings (SSSR count). The second kappa shape index (κ2) is 6.34. The monoisotopic (exact) mass is 364 g/mol. The van der Waals surface area contributed by atoms with Gasteiger partial charge in [0.1, 0.15) is 11.4 Å². The van der Waals surface area contributed by atoms with Crippen LogP contribution < -0.4 is 4.74 Å². The predicted octanol–water partition coefficient (Wildman–Crippen LogP) is 4.97. The average molecular weight is 364 g/mol. The van der Waals surface area contributed by atoms with Gasteiger partial charge in [0.2, 0.25) is 0 Å². The van der Waals surface area contributed by atoms with Crippen LogP contribution in [-0.2, 0) is 10.6 Å². The summed E-state index contributed by atoms with van der Waals surface area (Å²) in [6, 6.07) is 19.7. The van der Waals surface area contributed by atoms with E-state index in [2.05, 4.69) is 6.07 Å². The number of nitrogens with zero attached hydrogens (tertiary/aromatic N) is 2. The van der Waals surface area contributed by atoms with Gasteiger partial charge in [-0.2, -0.15) is 0 Å². The Bertz CT molecular complexity index is 958. The molecule has 1 aliphatic heterocycles. The molecule has 3 aromatic rings. The van der Waals surface area contributed by atoms with E-state index < -0.39 is 11.4 Å². The second-order valence-corrected chi connectivity index (χ2v) is 7.78. The van der Waals surface area contributed by atoms with E-state index in [1.807, 2.05) is 86.1 Å². The van der Waals surface area contributed by atoms with Crippen molar-refractivity contribution >= 4 is 17.0 Å². The number of carbonyl (C=O) groups is 1. The van der Waals surface area contributed by atoms with Crippen molar-refractivity contribution in [1.29, 1.82) is 0 Å². The molecule has 0 radical (unpaired) electrons. The van der Waals surface area contributed by atoms with Crippen LogP contribution in [0.25, 0.3) is 10.9 Å². The molecule has 0 saturated carbocycles. The molecule has 140 valence electrons. The molecule has 5 heteroatoms. The van der Waals surface area contributed by atoms with Crippen LogP contribution in [0.1, 0.15) is 27.2 Å². The van der Waals surface area contributed by atoms with Gasteiger partial charge in [-0.1, -0.05) is 36.4 Å². The molecule has 27 heavy (non-hydrogen) atoms. The number of hydrogen-bond donors (Lipinski definition) is 0. The van der Waals surface area contributed by atoms with Gasteiger partial charge in [0, 0.05) is 19.2 Å². The summed E-state index contributed by atoms with van der Waals surface area (Å²) in [7, 11) is 0. The van der Waals surface area contributed by atoms with Gasteiger partial charge in [0.25, 0.3) is 5.85 Å². The topological polar surface area (TPSA) is 43.7 Å². The summed E-state index contributed by atoms with van der Waals surface area (Å²) in [6.07, 6.45) is 2.28. The number of aromatic nitrogens is 1. The van der Waals surface area contributed by atoms with Gasteiger partial charge in [-0.25, -0.2) is 4.79 Å². The first kappa shape index (κ1) is 17.5. The number of ether oxygens (including phenoxy) is 2. The van der Waals surface area contributed by atoms with Gasteiger partial charge in [0.05, 0.1) is 5.52 Å². The molecule has 1 aliphatic rings. The quantitative estimate of drug-likeness (QED) is 0.659. The fraction of sp³-hybridized carbons (Fsp3) is 0.318. The molecule has 2 heterocycles. The smallest absolute Gasteiger partial charge is 0.414 e. The minimum atomic E-state index is -0.938. The average Bonchev–Trinajstić information content (AvgIpc) is 3.02. The number of amides is 1. The fourth-order valence-corrected chi connectivity index (χ4v) is 3.44. The molecule has 1 fully saturated rings. The summed E-state index contributed by atoms with van der Waals surface area (Å²) in [5.41, 5.74) is 0.450. The van der Waals surface area contributed by atoms with Crippen LogP contribution in [0.15, 0.2) is 66.9 Å². The number of rotatable bonds is 3. The van der Waals surface area contributed by atoms with Gasteiger partial charge in [0.15, 0.2) is 0 Å². The standard InChI is InChI=1S/C22H24N2O3/c1-21(2,3)27-20(25)24-16-14-22(24,26-18-10-5-4-6-11-18)23-15-13-17-9-7-8-12-19(17)23/h4-13,15H,14,16H2,1-3H3. The molecule has 0 N–H and O–H groups in total. The van der Waals surface area contributed by atoms with E-state index in [1.54, 1.807) is 4.90 Å². The maximum absolute atomic E-state index is 12.9. The van der Waals surface area contributed by atoms with Crippen molar-refractivity contribution in [3.05, 3.63) is 66.9 Å². The van der Waals surface area contributed by atoms with Crippen LogP contribution in [0.3, 0.4) is 0 Å². The lowest BCUT2D eigenvalue weighted by molar-refractivity contribution is -0.206. The SMILES string of the molecule is CC(C)(C)OC(=O)N1CCC1(Oc1ccccc1)n1ccc2ccccc21. The van der Waals surface area contributed by atoms with Crippen molar-refractivity contribution < 1.29 is 14.3 Å². The Morgan fingerprint density at radius 1 is 1.00 bits per heavy atom. The normalized spacial score (nSPS) is 19.6. The Morgan fingerprint density at radius 2 is 1.70 bits per heavy atom. The minimum absolute atomic E-state index is 0.373. The molecule has 0 aliphatic carbocycles. The Kier molecular flexibility index (Phi) is 4.10. The highest BCUT2D eigenvalue weighted by Gasteiger charge is 2.53. The summed E-state index contributed by atoms with van der Waals surface area (Å²) in [4.78, 5) is 14.6. The maximum Gasteiger partial charge on any atom is 0.414 e. The van der Waals surface area contributed by atoms with Crippen molar-refractivity contribution in [3.8, 4) is 5.75 Å². The van der Waals surface area contributed by atoms with Crippen LogP contribution in [-0.4, -0.2) is 27.7 Å². The van der Waals surface area contributed by atoms with Gasteiger partial charge in [-0.15, -0.1) is 0 Å². The van der Waals surface area contributed by atoms with Crippen molar-refractivity contribution in [2.45, 2.75) is 38.6 Å². The molecular formula is C22H24N2O3. The van der Waals surface area contributed by atoms with Gasteiger partial charge in [-0.3, -0.25) is 9.47 Å². The summed E-state index contributed by atoms with van der Waals surface area (Å²) in [5.74, 6) is -0.226. The zero-order valence-electron chi connectivity index (χ0n) is 15.9. The number of carbonyl (C=O) groups excluding carboxylic acids is 1. The number of para-hydroxylation sites is 2. The summed E-state index contributed by atoms with van der Waals surface area (Å²) in [5, 5.41) is 1.10. The van der Waals surface area contributed by atoms with Gasteiger partial charge >= 0.3 is 6.09 Å². The molecule has 2 aromatic carbocycles. The lowest BCUT2D eigenvalue weighted by Crippen LogP contribution is -2.66. The van der Waals surface area contributed by atoms with Crippen LogP contribution in [0.4, 0.5) is 4.79 Å². The molecular weight excluding hydrogens is 340 g/mol. The summed E-state index contributed by atoms with van der Waals surface area (Å²) >= 11 is 0. The third-order valence-corrected chi connectivity index (χ3v) is 4.70. The highest BCUT2D eigenvalue weighted by Crippen LogP contribution is 2.41. The van der Waals surface area contributed by atoms with Crippen LogP contribution in [0.2, 0.25) is 0 Å². The number of likely N-dealkylation sites (tertiary alicyclic amines) is 1. The van der Waals surface area contributed by atoms with Gasteiger partial charge in [-0.05, 0) is 50.4 Å². The first-order valence-electron chi connectivity index (χ1n) is 9.20. The van der Waals surface area contributed by atoms with Gasteiger partial charge < -0.3 is 9.47 Å².